The van der Waals surface area contributed by atoms with E-state index in [4.69, 9.17) is 11.6 Å². The zero-order valence-corrected chi connectivity index (χ0v) is 19.1. The minimum atomic E-state index is -4.03. The molecule has 3 rings (SSSR count). The smallest absolute Gasteiger partial charge is 0.264 e. The van der Waals surface area contributed by atoms with Gasteiger partial charge in [0.05, 0.1) is 10.6 Å². The summed E-state index contributed by atoms with van der Waals surface area (Å²) in [5.74, 6) is -0.739. The van der Waals surface area contributed by atoms with E-state index in [-0.39, 0.29) is 10.8 Å². The second-order valence-electron chi connectivity index (χ2n) is 7.02. The zero-order chi connectivity index (χ0) is 23.3. The van der Waals surface area contributed by atoms with Gasteiger partial charge in [-0.25, -0.2) is 8.42 Å². The fourth-order valence-corrected chi connectivity index (χ4v) is 4.73. The average Bonchev–Trinajstić information content (AvgIpc) is 2.76. The van der Waals surface area contributed by atoms with E-state index in [0.29, 0.717) is 27.6 Å². The summed E-state index contributed by atoms with van der Waals surface area (Å²) in [5.41, 5.74) is 1.90. The van der Waals surface area contributed by atoms with Crippen LogP contribution in [0.2, 0.25) is 5.02 Å². The molecule has 166 valence electrons. The molecular weight excluding hydrogens is 450 g/mol. The predicted octanol–water partition coefficient (Wildman–Crippen LogP) is 4.44. The van der Waals surface area contributed by atoms with E-state index in [1.807, 2.05) is 0 Å². The molecule has 3 aromatic carbocycles. The summed E-state index contributed by atoms with van der Waals surface area (Å²) in [7, 11) is -4.03. The molecule has 32 heavy (non-hydrogen) atoms. The van der Waals surface area contributed by atoms with Crippen LogP contribution in [0.15, 0.2) is 77.7 Å². The molecular formula is C23H22ClN3O4S. The Hall–Kier alpha value is -3.36. The van der Waals surface area contributed by atoms with Crippen molar-refractivity contribution in [2.75, 3.05) is 21.5 Å². The number of amides is 2. The molecule has 0 fully saturated rings. The Morgan fingerprint density at radius 3 is 2.06 bits per heavy atom. The minimum absolute atomic E-state index is 0.0619. The van der Waals surface area contributed by atoms with E-state index in [9.17, 15) is 18.0 Å². The van der Waals surface area contributed by atoms with Crippen molar-refractivity contribution in [3.05, 3.63) is 83.4 Å². The molecule has 0 radical (unpaired) electrons. The molecule has 0 spiro atoms. The highest BCUT2D eigenvalue weighted by Gasteiger charge is 2.28. The zero-order valence-electron chi connectivity index (χ0n) is 17.5. The molecule has 0 atom stereocenters. The number of hydrogen-bond acceptors (Lipinski definition) is 4. The third-order valence-corrected chi connectivity index (χ3v) is 6.80. The van der Waals surface area contributed by atoms with E-state index in [2.05, 4.69) is 10.6 Å². The van der Waals surface area contributed by atoms with Gasteiger partial charge in [0, 0.05) is 23.3 Å². The number of nitrogens with one attached hydrogen (secondary N) is 2. The maximum absolute atomic E-state index is 13.4. The first-order chi connectivity index (χ1) is 15.2. The van der Waals surface area contributed by atoms with Crippen LogP contribution >= 0.6 is 11.6 Å². The number of benzene rings is 3. The molecule has 0 aliphatic heterocycles. The van der Waals surface area contributed by atoms with Crippen molar-refractivity contribution >= 4 is 50.5 Å². The number of halogens is 1. The number of nitrogens with zero attached hydrogens (tertiary/aromatic N) is 1. The average molecular weight is 472 g/mol. The Labute approximate surface area is 192 Å². The van der Waals surface area contributed by atoms with Gasteiger partial charge in [-0.05, 0) is 61.0 Å². The molecule has 0 aromatic heterocycles. The van der Waals surface area contributed by atoms with Crippen LogP contribution in [0.25, 0.3) is 0 Å². The molecule has 3 aromatic rings. The third-order valence-electron chi connectivity index (χ3n) is 4.62. The van der Waals surface area contributed by atoms with Crippen molar-refractivity contribution in [3.8, 4) is 0 Å². The second kappa shape index (κ2) is 9.84. The van der Waals surface area contributed by atoms with Crippen LogP contribution in [0.5, 0.6) is 0 Å². The fourth-order valence-electron chi connectivity index (χ4n) is 3.06. The number of anilines is 3. The topological polar surface area (TPSA) is 95.6 Å². The predicted molar refractivity (Wildman–Crippen MR) is 127 cm³/mol. The number of carbonyl (C=O) groups excluding carboxylic acids is 2. The molecule has 2 amide bonds. The van der Waals surface area contributed by atoms with Crippen LogP contribution in [0.4, 0.5) is 17.1 Å². The summed E-state index contributed by atoms with van der Waals surface area (Å²) in [6, 6.07) is 19.3. The lowest BCUT2D eigenvalue weighted by Gasteiger charge is -2.26. The minimum Gasteiger partial charge on any atom is -0.326 e. The molecule has 0 bridgehead atoms. The van der Waals surface area contributed by atoms with Crippen LogP contribution < -0.4 is 14.9 Å². The Balaban J connectivity index is 1.90. The molecule has 0 saturated heterocycles. The van der Waals surface area contributed by atoms with E-state index in [1.165, 1.54) is 19.1 Å². The van der Waals surface area contributed by atoms with Gasteiger partial charge in [0.25, 0.3) is 10.0 Å². The van der Waals surface area contributed by atoms with E-state index >= 15 is 0 Å². The van der Waals surface area contributed by atoms with Gasteiger partial charge >= 0.3 is 0 Å². The van der Waals surface area contributed by atoms with Gasteiger partial charge in [0.1, 0.15) is 6.54 Å². The van der Waals surface area contributed by atoms with Crippen molar-refractivity contribution in [3.63, 3.8) is 0 Å². The lowest BCUT2D eigenvalue weighted by molar-refractivity contribution is -0.115. The first-order valence-electron chi connectivity index (χ1n) is 9.69. The SMILES string of the molecule is CC(=O)Nc1ccc(NC(=O)CN(c2cccc(Cl)c2C)S(=O)(=O)c2ccccc2)cc1. The number of rotatable bonds is 7. The molecule has 0 unspecified atom stereocenters. The van der Waals surface area contributed by atoms with Gasteiger partial charge in [0.2, 0.25) is 11.8 Å². The normalized spacial score (nSPS) is 11.0. The largest absolute Gasteiger partial charge is 0.326 e. The van der Waals surface area contributed by atoms with E-state index in [0.717, 1.165) is 4.31 Å². The summed E-state index contributed by atoms with van der Waals surface area (Å²) >= 11 is 6.22. The Morgan fingerprint density at radius 2 is 1.47 bits per heavy atom. The number of hydrogen-bond donors (Lipinski definition) is 2. The van der Waals surface area contributed by atoms with Crippen molar-refractivity contribution in [1.29, 1.82) is 0 Å². The molecule has 9 heteroatoms. The summed E-state index contributed by atoms with van der Waals surface area (Å²) in [5, 5.41) is 5.72. The number of sulfonamides is 1. The Bertz CT molecular complexity index is 1230. The van der Waals surface area contributed by atoms with Gasteiger partial charge in [0.15, 0.2) is 0 Å². The summed E-state index contributed by atoms with van der Waals surface area (Å²) < 4.78 is 27.8. The first-order valence-corrected chi connectivity index (χ1v) is 11.5. The summed E-state index contributed by atoms with van der Waals surface area (Å²) in [6.45, 7) is 2.64. The number of carbonyl (C=O) groups is 2. The van der Waals surface area contributed by atoms with Gasteiger partial charge in [-0.2, -0.15) is 0 Å². The highest BCUT2D eigenvalue weighted by atomic mass is 35.5. The first kappa shape index (κ1) is 23.3. The molecule has 0 aliphatic carbocycles. The monoisotopic (exact) mass is 471 g/mol. The summed E-state index contributed by atoms with van der Waals surface area (Å²) in [4.78, 5) is 24.0. The molecule has 0 heterocycles. The fraction of sp³-hybridized carbons (Fsp3) is 0.130. The van der Waals surface area contributed by atoms with Crippen molar-refractivity contribution < 1.29 is 18.0 Å². The van der Waals surface area contributed by atoms with Gasteiger partial charge in [-0.1, -0.05) is 35.9 Å². The molecule has 0 saturated carbocycles. The standard InChI is InChI=1S/C23H22ClN3O4S/c1-16-21(24)9-6-10-22(16)27(32(30,31)20-7-4-3-5-8-20)15-23(29)26-19-13-11-18(12-14-19)25-17(2)28/h3-14H,15H2,1-2H3,(H,25,28)(H,26,29). The molecule has 0 aliphatic rings. The highest BCUT2D eigenvalue weighted by molar-refractivity contribution is 7.92. The van der Waals surface area contributed by atoms with E-state index in [1.54, 1.807) is 67.6 Å². The van der Waals surface area contributed by atoms with Gasteiger partial charge in [-0.3, -0.25) is 13.9 Å². The second-order valence-corrected chi connectivity index (χ2v) is 9.28. The van der Waals surface area contributed by atoms with Crippen LogP contribution in [-0.4, -0.2) is 26.8 Å². The maximum Gasteiger partial charge on any atom is 0.264 e. The lowest BCUT2D eigenvalue weighted by atomic mass is 10.2. The van der Waals surface area contributed by atoms with Gasteiger partial charge < -0.3 is 10.6 Å². The van der Waals surface area contributed by atoms with Crippen LogP contribution in [0, 0.1) is 6.92 Å². The van der Waals surface area contributed by atoms with Crippen LogP contribution in [0.3, 0.4) is 0 Å². The highest BCUT2D eigenvalue weighted by Crippen LogP contribution is 2.30. The van der Waals surface area contributed by atoms with Crippen molar-refractivity contribution in [2.45, 2.75) is 18.7 Å². The third kappa shape index (κ3) is 5.46. The lowest BCUT2D eigenvalue weighted by Crippen LogP contribution is -2.38. The van der Waals surface area contributed by atoms with Crippen LogP contribution in [-0.2, 0) is 19.6 Å². The Kier molecular flexibility index (Phi) is 7.17. The maximum atomic E-state index is 13.4. The van der Waals surface area contributed by atoms with E-state index < -0.39 is 22.5 Å². The molecule has 7 nitrogen and oxygen atoms in total. The van der Waals surface area contributed by atoms with Crippen molar-refractivity contribution in [2.24, 2.45) is 0 Å². The van der Waals surface area contributed by atoms with Crippen molar-refractivity contribution in [1.82, 2.24) is 0 Å². The molecule has 2 N–H and O–H groups in total. The Morgan fingerprint density at radius 1 is 0.875 bits per heavy atom. The van der Waals surface area contributed by atoms with Crippen LogP contribution in [0.1, 0.15) is 12.5 Å². The van der Waals surface area contributed by atoms with Gasteiger partial charge in [-0.15, -0.1) is 0 Å². The summed E-state index contributed by atoms with van der Waals surface area (Å²) in [6.07, 6.45) is 0. The quantitative estimate of drug-likeness (QED) is 0.532.